The van der Waals surface area contributed by atoms with Crippen LogP contribution in [0.2, 0.25) is 0 Å². The van der Waals surface area contributed by atoms with Crippen LogP contribution in [-0.2, 0) is 0 Å². The van der Waals surface area contributed by atoms with E-state index in [1.165, 1.54) is 0 Å². The van der Waals surface area contributed by atoms with Gasteiger partial charge in [-0.15, -0.1) is 0 Å². The Kier molecular flexibility index (Phi) is 8.24. The van der Waals surface area contributed by atoms with Crippen LogP contribution in [0.25, 0.3) is 10.8 Å². The summed E-state index contributed by atoms with van der Waals surface area (Å²) in [6, 6.07) is 10.4. The molecule has 2 aromatic rings. The molecule has 0 saturated carbocycles. The minimum Gasteiger partial charge on any atom is -0.493 e. The van der Waals surface area contributed by atoms with Crippen molar-refractivity contribution in [2.45, 2.75) is 32.6 Å². The topological polar surface area (TPSA) is 18.5 Å². The average Bonchev–Trinajstić information content (AvgIpc) is 2.57. The van der Waals surface area contributed by atoms with Crippen LogP contribution >= 0.6 is 31.9 Å². The lowest BCUT2D eigenvalue weighted by molar-refractivity contribution is 0.305. The Morgan fingerprint density at radius 3 is 2.09 bits per heavy atom. The Morgan fingerprint density at radius 1 is 0.826 bits per heavy atom. The van der Waals surface area contributed by atoms with Gasteiger partial charge in [-0.05, 0) is 44.2 Å². The van der Waals surface area contributed by atoms with Crippen LogP contribution in [0.15, 0.2) is 30.3 Å². The Balaban J connectivity index is 2.19. The number of ether oxygens (including phenoxy) is 2. The van der Waals surface area contributed by atoms with Crippen LogP contribution in [0.1, 0.15) is 31.2 Å². The van der Waals surface area contributed by atoms with Gasteiger partial charge in [0.15, 0.2) is 0 Å². The molecule has 0 bridgehead atoms. The van der Waals surface area contributed by atoms with Crippen molar-refractivity contribution in [2.75, 3.05) is 23.9 Å². The van der Waals surface area contributed by atoms with Gasteiger partial charge >= 0.3 is 0 Å². The third-order valence-electron chi connectivity index (χ3n) is 3.70. The molecule has 0 amide bonds. The van der Waals surface area contributed by atoms with Crippen LogP contribution in [0.5, 0.6) is 11.5 Å². The molecule has 0 N–H and O–H groups in total. The molecule has 126 valence electrons. The van der Waals surface area contributed by atoms with E-state index < -0.39 is 0 Å². The van der Waals surface area contributed by atoms with Crippen LogP contribution in [0.3, 0.4) is 0 Å². The zero-order valence-electron chi connectivity index (χ0n) is 13.6. The van der Waals surface area contributed by atoms with Crippen molar-refractivity contribution in [3.8, 4) is 11.5 Å². The third-order valence-corrected chi connectivity index (χ3v) is 4.82. The molecule has 0 atom stereocenters. The molecule has 0 radical (unpaired) electrons. The molecule has 0 heterocycles. The van der Waals surface area contributed by atoms with E-state index in [-0.39, 0.29) is 0 Å². The van der Waals surface area contributed by atoms with Crippen molar-refractivity contribution >= 4 is 42.6 Å². The number of rotatable bonds is 10. The van der Waals surface area contributed by atoms with Gasteiger partial charge in [0.2, 0.25) is 0 Å². The van der Waals surface area contributed by atoms with E-state index >= 15 is 0 Å². The highest BCUT2D eigenvalue weighted by Crippen LogP contribution is 2.36. The number of fused-ring (bicyclic) bond motifs is 1. The minimum atomic E-state index is 0.750. The zero-order chi connectivity index (χ0) is 16.5. The molecule has 2 aromatic carbocycles. The molecule has 0 aliphatic carbocycles. The molecule has 0 saturated heterocycles. The molecule has 0 unspecified atom stereocenters. The molecule has 2 nitrogen and oxygen atoms in total. The molecule has 0 aliphatic heterocycles. The summed E-state index contributed by atoms with van der Waals surface area (Å²) in [5, 5.41) is 4.32. The van der Waals surface area contributed by atoms with Gasteiger partial charge in [-0.3, -0.25) is 0 Å². The van der Waals surface area contributed by atoms with Crippen molar-refractivity contribution in [1.29, 1.82) is 0 Å². The summed E-state index contributed by atoms with van der Waals surface area (Å²) in [5.74, 6) is 1.95. The molecule has 23 heavy (non-hydrogen) atoms. The maximum atomic E-state index is 6.07. The summed E-state index contributed by atoms with van der Waals surface area (Å²) in [6.45, 7) is 3.60. The monoisotopic (exact) mass is 442 g/mol. The highest BCUT2D eigenvalue weighted by molar-refractivity contribution is 9.09. The van der Waals surface area contributed by atoms with Crippen LogP contribution in [0, 0.1) is 6.92 Å². The molecular formula is C19H24Br2O2. The second kappa shape index (κ2) is 10.2. The van der Waals surface area contributed by atoms with Crippen molar-refractivity contribution < 1.29 is 9.47 Å². The molecule has 0 spiro atoms. The number of hydrogen-bond acceptors (Lipinski definition) is 2. The van der Waals surface area contributed by atoms with E-state index in [0.29, 0.717) is 0 Å². The lowest BCUT2D eigenvalue weighted by Crippen LogP contribution is -2.02. The summed E-state index contributed by atoms with van der Waals surface area (Å²) < 4.78 is 12.1. The quantitative estimate of drug-likeness (QED) is 0.318. The first-order valence-electron chi connectivity index (χ1n) is 8.17. The fraction of sp³-hybridized carbons (Fsp3) is 0.474. The van der Waals surface area contributed by atoms with E-state index in [9.17, 15) is 0 Å². The number of unbranched alkanes of at least 4 members (excludes halogenated alkanes) is 2. The van der Waals surface area contributed by atoms with E-state index in [1.54, 1.807) is 0 Å². The maximum absolute atomic E-state index is 6.07. The first kappa shape index (κ1) is 18.6. The van der Waals surface area contributed by atoms with E-state index in [4.69, 9.17) is 9.47 Å². The van der Waals surface area contributed by atoms with Crippen LogP contribution in [-0.4, -0.2) is 23.9 Å². The van der Waals surface area contributed by atoms with Gasteiger partial charge in [0, 0.05) is 21.4 Å². The Bertz CT molecular complexity index is 614. The van der Waals surface area contributed by atoms with E-state index in [2.05, 4.69) is 69.1 Å². The summed E-state index contributed by atoms with van der Waals surface area (Å²) in [6.07, 6.45) is 4.38. The van der Waals surface area contributed by atoms with Gasteiger partial charge in [-0.25, -0.2) is 0 Å². The van der Waals surface area contributed by atoms with Crippen molar-refractivity contribution in [3.63, 3.8) is 0 Å². The largest absolute Gasteiger partial charge is 0.493 e. The lowest BCUT2D eigenvalue weighted by Gasteiger charge is -2.16. The maximum Gasteiger partial charge on any atom is 0.130 e. The van der Waals surface area contributed by atoms with Gasteiger partial charge in [0.05, 0.1) is 13.2 Å². The first-order valence-corrected chi connectivity index (χ1v) is 10.4. The van der Waals surface area contributed by atoms with Crippen molar-refractivity contribution in [3.05, 3.63) is 35.9 Å². The van der Waals surface area contributed by atoms with Gasteiger partial charge < -0.3 is 9.47 Å². The van der Waals surface area contributed by atoms with Gasteiger partial charge in [-0.2, -0.15) is 0 Å². The first-order chi connectivity index (χ1) is 11.3. The fourth-order valence-electron chi connectivity index (χ4n) is 2.51. The number of benzene rings is 2. The second-order valence-corrected chi connectivity index (χ2v) is 7.14. The molecular weight excluding hydrogens is 420 g/mol. The molecule has 4 heteroatoms. The Labute approximate surface area is 155 Å². The van der Waals surface area contributed by atoms with E-state index in [1.807, 2.05) is 0 Å². The van der Waals surface area contributed by atoms with Gasteiger partial charge in [0.25, 0.3) is 0 Å². The number of halogens is 2. The molecule has 2 rings (SSSR count). The fourth-order valence-corrected chi connectivity index (χ4v) is 3.30. The van der Waals surface area contributed by atoms with Gasteiger partial charge in [-0.1, -0.05) is 56.1 Å². The summed E-state index contributed by atoms with van der Waals surface area (Å²) in [5.41, 5.74) is 1.14. The second-order valence-electron chi connectivity index (χ2n) is 5.56. The minimum absolute atomic E-state index is 0.750. The zero-order valence-corrected chi connectivity index (χ0v) is 16.8. The van der Waals surface area contributed by atoms with E-state index in [0.717, 1.165) is 77.4 Å². The predicted octanol–water partition coefficient (Wildman–Crippen LogP) is 6.26. The lowest BCUT2D eigenvalue weighted by atomic mass is 10.0. The highest BCUT2D eigenvalue weighted by Gasteiger charge is 2.11. The Hall–Kier alpha value is -0.740. The predicted molar refractivity (Wildman–Crippen MR) is 106 cm³/mol. The van der Waals surface area contributed by atoms with Crippen LogP contribution in [0.4, 0.5) is 0 Å². The number of hydrogen-bond donors (Lipinski definition) is 0. The van der Waals surface area contributed by atoms with Crippen molar-refractivity contribution in [1.82, 2.24) is 0 Å². The summed E-state index contributed by atoms with van der Waals surface area (Å²) >= 11 is 6.92. The normalized spacial score (nSPS) is 10.9. The standard InChI is InChI=1S/C19H24Br2O2/c1-15-14-18(22-12-6-4-10-20)16-8-2-3-9-17(16)19(15)23-13-7-5-11-21/h2-3,8-9,14H,4-7,10-13H2,1H3. The highest BCUT2D eigenvalue weighted by atomic mass is 79.9. The number of aryl methyl sites for hydroxylation is 1. The smallest absolute Gasteiger partial charge is 0.130 e. The van der Waals surface area contributed by atoms with Gasteiger partial charge in [0.1, 0.15) is 11.5 Å². The molecule has 0 aliphatic rings. The Morgan fingerprint density at radius 2 is 1.43 bits per heavy atom. The average molecular weight is 444 g/mol. The molecule has 0 aromatic heterocycles. The van der Waals surface area contributed by atoms with Crippen molar-refractivity contribution in [2.24, 2.45) is 0 Å². The SMILES string of the molecule is Cc1cc(OCCCCBr)c2ccccc2c1OCCCCBr. The summed E-state index contributed by atoms with van der Waals surface area (Å²) in [7, 11) is 0. The van der Waals surface area contributed by atoms with Crippen LogP contribution < -0.4 is 9.47 Å². The third kappa shape index (κ3) is 5.39. The molecule has 0 fully saturated rings. The number of alkyl halides is 2. The summed E-state index contributed by atoms with van der Waals surface area (Å²) in [4.78, 5) is 0.